The maximum absolute atomic E-state index is 11.7. The summed E-state index contributed by atoms with van der Waals surface area (Å²) in [6.07, 6.45) is 3.46. The van der Waals surface area contributed by atoms with Crippen LogP contribution in [0.1, 0.15) is 19.3 Å². The van der Waals surface area contributed by atoms with Crippen molar-refractivity contribution in [1.29, 1.82) is 0 Å². The third kappa shape index (κ3) is 6.53. The lowest BCUT2D eigenvalue weighted by atomic mass is 10.1. The van der Waals surface area contributed by atoms with Gasteiger partial charge >= 0.3 is 6.03 Å². The van der Waals surface area contributed by atoms with E-state index >= 15 is 0 Å². The molecule has 20 heavy (non-hydrogen) atoms. The maximum atomic E-state index is 11.7. The van der Waals surface area contributed by atoms with Crippen LogP contribution >= 0.6 is 0 Å². The lowest BCUT2D eigenvalue weighted by molar-refractivity contribution is 0.227. The molecule has 1 heterocycles. The van der Waals surface area contributed by atoms with Crippen LogP contribution in [0.15, 0.2) is 0 Å². The summed E-state index contributed by atoms with van der Waals surface area (Å²) in [5, 5.41) is 5.71. The molecule has 7 nitrogen and oxygen atoms in total. The third-order valence-electron chi connectivity index (χ3n) is 3.33. The number of amides is 2. The van der Waals surface area contributed by atoms with E-state index in [1.807, 2.05) is 14.1 Å². The van der Waals surface area contributed by atoms with Crippen molar-refractivity contribution in [3.05, 3.63) is 0 Å². The first-order chi connectivity index (χ1) is 9.29. The van der Waals surface area contributed by atoms with Crippen molar-refractivity contribution in [3.63, 3.8) is 0 Å². The Balaban J connectivity index is 2.18. The highest BCUT2D eigenvalue weighted by molar-refractivity contribution is 7.88. The number of carbonyl (C=O) groups is 1. The molecule has 8 heteroatoms. The number of nitrogens with one attached hydrogen (secondary N) is 2. The van der Waals surface area contributed by atoms with Gasteiger partial charge in [0.15, 0.2) is 0 Å². The van der Waals surface area contributed by atoms with Crippen LogP contribution in [0, 0.1) is 0 Å². The molecule has 2 amide bonds. The summed E-state index contributed by atoms with van der Waals surface area (Å²) in [6.45, 7) is 2.54. The molecule has 1 saturated heterocycles. The van der Waals surface area contributed by atoms with Gasteiger partial charge in [0.1, 0.15) is 0 Å². The van der Waals surface area contributed by atoms with Crippen LogP contribution in [0.5, 0.6) is 0 Å². The van der Waals surface area contributed by atoms with Crippen molar-refractivity contribution < 1.29 is 13.2 Å². The van der Waals surface area contributed by atoms with Crippen LogP contribution in [-0.4, -0.2) is 76.2 Å². The van der Waals surface area contributed by atoms with Crippen molar-refractivity contribution in [3.8, 4) is 0 Å². The zero-order chi connectivity index (χ0) is 15.2. The Labute approximate surface area is 121 Å². The smallest absolute Gasteiger partial charge is 0.315 e. The predicted octanol–water partition coefficient (Wildman–Crippen LogP) is -0.339. The first-order valence-corrected chi connectivity index (χ1v) is 8.78. The Morgan fingerprint density at radius 3 is 2.40 bits per heavy atom. The summed E-state index contributed by atoms with van der Waals surface area (Å²) in [6, 6.07) is -0.108. The molecular formula is C12H26N4O3S. The van der Waals surface area contributed by atoms with Gasteiger partial charge in [-0.15, -0.1) is 0 Å². The van der Waals surface area contributed by atoms with Gasteiger partial charge in [0, 0.05) is 25.7 Å². The summed E-state index contributed by atoms with van der Waals surface area (Å²) in [5.41, 5.74) is 0. The fourth-order valence-corrected chi connectivity index (χ4v) is 3.04. The Morgan fingerprint density at radius 1 is 1.30 bits per heavy atom. The predicted molar refractivity (Wildman–Crippen MR) is 79.1 cm³/mol. The van der Waals surface area contributed by atoms with Crippen molar-refractivity contribution >= 4 is 16.1 Å². The highest BCUT2D eigenvalue weighted by atomic mass is 32.2. The number of hydrogen-bond donors (Lipinski definition) is 2. The van der Waals surface area contributed by atoms with Crippen molar-refractivity contribution in [2.24, 2.45) is 0 Å². The molecule has 0 atom stereocenters. The fraction of sp³-hybridized carbons (Fsp3) is 0.917. The lowest BCUT2D eigenvalue weighted by Gasteiger charge is -2.30. The Kier molecular flexibility index (Phi) is 6.70. The molecule has 1 aliphatic heterocycles. The molecule has 2 N–H and O–H groups in total. The fourth-order valence-electron chi connectivity index (χ4n) is 2.17. The quantitative estimate of drug-likeness (QED) is 0.658. The topological polar surface area (TPSA) is 81.8 Å². The SMILES string of the molecule is CN(C)CCCNC(=O)NC1CCN(S(C)(=O)=O)CC1. The van der Waals surface area contributed by atoms with Gasteiger partial charge in [0.05, 0.1) is 6.26 Å². The second-order valence-electron chi connectivity index (χ2n) is 5.49. The van der Waals surface area contributed by atoms with Crippen LogP contribution < -0.4 is 10.6 Å². The van der Waals surface area contributed by atoms with Crippen LogP contribution in [0.25, 0.3) is 0 Å². The summed E-state index contributed by atoms with van der Waals surface area (Å²) in [4.78, 5) is 13.7. The summed E-state index contributed by atoms with van der Waals surface area (Å²) in [5.74, 6) is 0. The number of nitrogens with zero attached hydrogens (tertiary/aromatic N) is 2. The normalized spacial score (nSPS) is 18.2. The minimum Gasteiger partial charge on any atom is -0.338 e. The first-order valence-electron chi connectivity index (χ1n) is 6.93. The van der Waals surface area contributed by atoms with E-state index in [0.717, 1.165) is 13.0 Å². The third-order valence-corrected chi connectivity index (χ3v) is 4.63. The molecule has 0 unspecified atom stereocenters. The highest BCUT2D eigenvalue weighted by Crippen LogP contribution is 2.12. The largest absolute Gasteiger partial charge is 0.338 e. The van der Waals surface area contributed by atoms with E-state index in [2.05, 4.69) is 15.5 Å². The molecule has 0 spiro atoms. The van der Waals surface area contributed by atoms with E-state index in [0.29, 0.717) is 32.5 Å². The molecule has 1 aliphatic rings. The zero-order valence-corrected chi connectivity index (χ0v) is 13.4. The van der Waals surface area contributed by atoms with Crippen molar-refractivity contribution in [2.75, 3.05) is 46.5 Å². The molecular weight excluding hydrogens is 280 g/mol. The van der Waals surface area contributed by atoms with Gasteiger partial charge in [-0.1, -0.05) is 0 Å². The van der Waals surface area contributed by atoms with Gasteiger partial charge < -0.3 is 15.5 Å². The second-order valence-corrected chi connectivity index (χ2v) is 7.48. The van der Waals surface area contributed by atoms with Gasteiger partial charge in [-0.2, -0.15) is 0 Å². The number of hydrogen-bond acceptors (Lipinski definition) is 4. The minimum atomic E-state index is -3.10. The van der Waals surface area contributed by atoms with Crippen LogP contribution in [0.2, 0.25) is 0 Å². The van der Waals surface area contributed by atoms with E-state index in [4.69, 9.17) is 0 Å². The summed E-state index contributed by atoms with van der Waals surface area (Å²) >= 11 is 0. The molecule has 0 saturated carbocycles. The number of carbonyl (C=O) groups excluding carboxylic acids is 1. The zero-order valence-electron chi connectivity index (χ0n) is 12.6. The molecule has 0 aromatic carbocycles. The molecule has 0 aromatic rings. The average Bonchev–Trinajstić information content (AvgIpc) is 2.34. The Hall–Kier alpha value is -0.860. The van der Waals surface area contributed by atoms with Gasteiger partial charge in [0.25, 0.3) is 0 Å². The van der Waals surface area contributed by atoms with Gasteiger partial charge in [0.2, 0.25) is 10.0 Å². The van der Waals surface area contributed by atoms with Crippen molar-refractivity contribution in [2.45, 2.75) is 25.3 Å². The van der Waals surface area contributed by atoms with E-state index in [-0.39, 0.29) is 12.1 Å². The van der Waals surface area contributed by atoms with Crippen LogP contribution in [-0.2, 0) is 10.0 Å². The van der Waals surface area contributed by atoms with E-state index in [1.165, 1.54) is 10.6 Å². The Morgan fingerprint density at radius 2 is 1.90 bits per heavy atom. The molecule has 118 valence electrons. The van der Waals surface area contributed by atoms with E-state index < -0.39 is 10.0 Å². The molecule has 0 aliphatic carbocycles. The van der Waals surface area contributed by atoms with E-state index in [1.54, 1.807) is 0 Å². The summed E-state index contributed by atoms with van der Waals surface area (Å²) < 4.78 is 24.2. The monoisotopic (exact) mass is 306 g/mol. The lowest BCUT2D eigenvalue weighted by Crippen LogP contribution is -2.49. The summed E-state index contributed by atoms with van der Waals surface area (Å²) in [7, 11) is 0.888. The van der Waals surface area contributed by atoms with Crippen molar-refractivity contribution in [1.82, 2.24) is 19.8 Å². The minimum absolute atomic E-state index is 0.0573. The highest BCUT2D eigenvalue weighted by Gasteiger charge is 2.25. The number of piperidine rings is 1. The number of urea groups is 1. The van der Waals surface area contributed by atoms with Gasteiger partial charge in [-0.05, 0) is 39.9 Å². The van der Waals surface area contributed by atoms with E-state index in [9.17, 15) is 13.2 Å². The van der Waals surface area contributed by atoms with Gasteiger partial charge in [-0.3, -0.25) is 0 Å². The molecule has 1 rings (SSSR count). The molecule has 0 radical (unpaired) electrons. The average molecular weight is 306 g/mol. The first kappa shape index (κ1) is 17.2. The molecule has 0 bridgehead atoms. The molecule has 1 fully saturated rings. The van der Waals surface area contributed by atoms with Gasteiger partial charge in [-0.25, -0.2) is 17.5 Å². The van der Waals surface area contributed by atoms with Crippen LogP contribution in [0.3, 0.4) is 0 Å². The Bertz CT molecular complexity index is 403. The standard InChI is InChI=1S/C12H26N4O3S/c1-15(2)8-4-7-13-12(17)14-11-5-9-16(10-6-11)20(3,18)19/h11H,4-10H2,1-3H3,(H2,13,14,17). The van der Waals surface area contributed by atoms with Crippen LogP contribution in [0.4, 0.5) is 4.79 Å². The second kappa shape index (κ2) is 7.80. The maximum Gasteiger partial charge on any atom is 0.315 e. The number of sulfonamides is 1. The molecule has 0 aromatic heterocycles. The number of rotatable bonds is 6.